The summed E-state index contributed by atoms with van der Waals surface area (Å²) in [4.78, 5) is 27.9. The molecule has 0 aromatic carbocycles. The van der Waals surface area contributed by atoms with Gasteiger partial charge in [0.05, 0.1) is 23.7 Å². The van der Waals surface area contributed by atoms with E-state index in [0.29, 0.717) is 15.5 Å². The number of rotatable bonds is 2. The Labute approximate surface area is 112 Å². The molecule has 6 heteroatoms. The smallest absolute Gasteiger partial charge is 0.343 e. The Morgan fingerprint density at radius 1 is 1.56 bits per heavy atom. The SMILES string of the molecule is CCOC(=O)c1cn(C)c2cnc(Br)cc2c1=O. The third-order valence-electron chi connectivity index (χ3n) is 2.54. The number of aryl methyl sites for hydroxylation is 1. The maximum Gasteiger partial charge on any atom is 0.343 e. The molecule has 94 valence electrons. The third-order valence-corrected chi connectivity index (χ3v) is 2.97. The van der Waals surface area contributed by atoms with Gasteiger partial charge in [-0.05, 0) is 28.9 Å². The first kappa shape index (κ1) is 12.8. The Hall–Kier alpha value is -1.69. The van der Waals surface area contributed by atoms with E-state index in [-0.39, 0.29) is 17.6 Å². The molecule has 2 rings (SSSR count). The van der Waals surface area contributed by atoms with Gasteiger partial charge >= 0.3 is 5.97 Å². The van der Waals surface area contributed by atoms with E-state index in [2.05, 4.69) is 20.9 Å². The summed E-state index contributed by atoms with van der Waals surface area (Å²) in [6.07, 6.45) is 3.05. The molecule has 0 bridgehead atoms. The second-order valence-electron chi connectivity index (χ2n) is 3.73. The van der Waals surface area contributed by atoms with Gasteiger partial charge in [0, 0.05) is 13.2 Å². The van der Waals surface area contributed by atoms with Gasteiger partial charge in [-0.1, -0.05) is 0 Å². The molecule has 0 aliphatic carbocycles. The second kappa shape index (κ2) is 4.89. The van der Waals surface area contributed by atoms with Crippen LogP contribution in [-0.4, -0.2) is 22.1 Å². The minimum absolute atomic E-state index is 0.0324. The molecule has 5 nitrogen and oxygen atoms in total. The summed E-state index contributed by atoms with van der Waals surface area (Å²) >= 11 is 3.21. The first-order valence-electron chi connectivity index (χ1n) is 5.36. The van der Waals surface area contributed by atoms with E-state index in [1.54, 1.807) is 30.8 Å². The molecular weight excluding hydrogens is 300 g/mol. The highest BCUT2D eigenvalue weighted by atomic mass is 79.9. The first-order chi connectivity index (χ1) is 8.54. The van der Waals surface area contributed by atoms with Gasteiger partial charge in [0.2, 0.25) is 5.43 Å². The highest BCUT2D eigenvalue weighted by Gasteiger charge is 2.15. The number of aromatic nitrogens is 2. The number of hydrogen-bond acceptors (Lipinski definition) is 4. The first-order valence-corrected chi connectivity index (χ1v) is 6.16. The van der Waals surface area contributed by atoms with Crippen LogP contribution in [0.5, 0.6) is 0 Å². The molecule has 0 fully saturated rings. The van der Waals surface area contributed by atoms with E-state index >= 15 is 0 Å². The van der Waals surface area contributed by atoms with Gasteiger partial charge in [0.15, 0.2) is 0 Å². The van der Waals surface area contributed by atoms with Crippen LogP contribution in [0.25, 0.3) is 10.9 Å². The van der Waals surface area contributed by atoms with Crippen molar-refractivity contribution in [3.05, 3.63) is 38.9 Å². The summed E-state index contributed by atoms with van der Waals surface area (Å²) in [5, 5.41) is 0.435. The van der Waals surface area contributed by atoms with Gasteiger partial charge in [-0.25, -0.2) is 9.78 Å². The van der Waals surface area contributed by atoms with Gasteiger partial charge in [0.25, 0.3) is 0 Å². The Kier molecular flexibility index (Phi) is 3.47. The lowest BCUT2D eigenvalue weighted by molar-refractivity contribution is 0.0524. The average molecular weight is 311 g/mol. The van der Waals surface area contributed by atoms with Crippen molar-refractivity contribution in [1.82, 2.24) is 9.55 Å². The van der Waals surface area contributed by atoms with Crippen LogP contribution in [0.3, 0.4) is 0 Å². The van der Waals surface area contributed by atoms with Crippen molar-refractivity contribution < 1.29 is 9.53 Å². The van der Waals surface area contributed by atoms with Crippen molar-refractivity contribution in [3.63, 3.8) is 0 Å². The number of carbonyl (C=O) groups is 1. The molecule has 0 saturated carbocycles. The lowest BCUT2D eigenvalue weighted by atomic mass is 10.2. The Morgan fingerprint density at radius 2 is 2.28 bits per heavy atom. The molecule has 0 radical (unpaired) electrons. The van der Waals surface area contributed by atoms with Gasteiger partial charge in [-0.3, -0.25) is 4.79 Å². The van der Waals surface area contributed by atoms with Gasteiger partial charge in [-0.2, -0.15) is 0 Å². The third kappa shape index (κ3) is 2.15. The highest BCUT2D eigenvalue weighted by Crippen LogP contribution is 2.14. The van der Waals surface area contributed by atoms with E-state index in [9.17, 15) is 9.59 Å². The van der Waals surface area contributed by atoms with Gasteiger partial charge in [-0.15, -0.1) is 0 Å². The fraction of sp³-hybridized carbons (Fsp3) is 0.250. The fourth-order valence-corrected chi connectivity index (χ4v) is 2.04. The zero-order valence-corrected chi connectivity index (χ0v) is 11.5. The molecule has 0 atom stereocenters. The largest absolute Gasteiger partial charge is 0.462 e. The topological polar surface area (TPSA) is 61.2 Å². The predicted molar refractivity (Wildman–Crippen MR) is 70.6 cm³/mol. The summed E-state index contributed by atoms with van der Waals surface area (Å²) in [7, 11) is 1.75. The quantitative estimate of drug-likeness (QED) is 0.627. The molecule has 18 heavy (non-hydrogen) atoms. The van der Waals surface area contributed by atoms with Crippen molar-refractivity contribution in [2.24, 2.45) is 7.05 Å². The predicted octanol–water partition coefficient (Wildman–Crippen LogP) is 1.87. The molecule has 0 N–H and O–H groups in total. The van der Waals surface area contributed by atoms with Crippen LogP contribution in [-0.2, 0) is 11.8 Å². The van der Waals surface area contributed by atoms with Crippen molar-refractivity contribution in [2.45, 2.75) is 6.92 Å². The number of nitrogens with zero attached hydrogens (tertiary/aromatic N) is 2. The number of esters is 1. The monoisotopic (exact) mass is 310 g/mol. The van der Waals surface area contributed by atoms with Crippen LogP contribution in [0.4, 0.5) is 0 Å². The summed E-state index contributed by atoms with van der Waals surface area (Å²) in [5.74, 6) is -0.604. The Morgan fingerprint density at radius 3 is 2.94 bits per heavy atom. The van der Waals surface area contributed by atoms with Crippen molar-refractivity contribution in [2.75, 3.05) is 6.61 Å². The second-order valence-corrected chi connectivity index (χ2v) is 4.54. The van der Waals surface area contributed by atoms with Crippen LogP contribution in [0.1, 0.15) is 17.3 Å². The van der Waals surface area contributed by atoms with E-state index < -0.39 is 5.97 Å². The number of ether oxygens (including phenoxy) is 1. The zero-order chi connectivity index (χ0) is 13.3. The average Bonchev–Trinajstić information content (AvgIpc) is 2.33. The summed E-state index contributed by atoms with van der Waals surface area (Å²) in [6, 6.07) is 1.60. The lowest BCUT2D eigenvalue weighted by Gasteiger charge is -2.08. The maximum absolute atomic E-state index is 12.2. The van der Waals surface area contributed by atoms with Crippen molar-refractivity contribution in [3.8, 4) is 0 Å². The zero-order valence-electron chi connectivity index (χ0n) is 9.94. The Bertz CT molecular complexity index is 679. The molecule has 2 heterocycles. The number of carbonyl (C=O) groups excluding carboxylic acids is 1. The van der Waals surface area contributed by atoms with E-state index in [4.69, 9.17) is 4.74 Å². The van der Waals surface area contributed by atoms with Crippen LogP contribution in [0.2, 0.25) is 0 Å². The van der Waals surface area contributed by atoms with Crippen LogP contribution < -0.4 is 5.43 Å². The number of pyridine rings is 2. The lowest BCUT2D eigenvalue weighted by Crippen LogP contribution is -2.20. The summed E-state index contributed by atoms with van der Waals surface area (Å²) in [6.45, 7) is 1.93. The molecule has 0 amide bonds. The molecule has 2 aromatic heterocycles. The highest BCUT2D eigenvalue weighted by molar-refractivity contribution is 9.10. The molecule has 2 aromatic rings. The number of hydrogen-bond donors (Lipinski definition) is 0. The van der Waals surface area contributed by atoms with Gasteiger partial charge < -0.3 is 9.30 Å². The molecule has 0 unspecified atom stereocenters. The fourth-order valence-electron chi connectivity index (χ4n) is 1.71. The standard InChI is InChI=1S/C12H11BrN2O3/c1-3-18-12(17)8-6-15(2)9-5-14-10(13)4-7(9)11(8)16/h4-6H,3H2,1-2H3. The molecular formula is C12H11BrN2O3. The number of halogens is 1. The van der Waals surface area contributed by atoms with E-state index in [0.717, 1.165) is 0 Å². The van der Waals surface area contributed by atoms with Crippen LogP contribution >= 0.6 is 15.9 Å². The minimum Gasteiger partial charge on any atom is -0.462 e. The van der Waals surface area contributed by atoms with E-state index in [1.165, 1.54) is 6.20 Å². The van der Waals surface area contributed by atoms with Crippen LogP contribution in [0.15, 0.2) is 27.9 Å². The normalized spacial score (nSPS) is 10.6. The Balaban J connectivity index is 2.75. The number of fused-ring (bicyclic) bond motifs is 1. The van der Waals surface area contributed by atoms with Crippen molar-refractivity contribution >= 4 is 32.8 Å². The molecule has 0 saturated heterocycles. The maximum atomic E-state index is 12.2. The molecule has 0 aliphatic rings. The minimum atomic E-state index is -0.604. The molecule has 0 aliphatic heterocycles. The van der Waals surface area contributed by atoms with Crippen LogP contribution in [0, 0.1) is 0 Å². The molecule has 0 spiro atoms. The van der Waals surface area contributed by atoms with Gasteiger partial charge in [0.1, 0.15) is 10.2 Å². The summed E-state index contributed by atoms with van der Waals surface area (Å²) < 4.78 is 7.10. The van der Waals surface area contributed by atoms with E-state index in [1.807, 2.05) is 0 Å². The van der Waals surface area contributed by atoms with Crippen molar-refractivity contribution in [1.29, 1.82) is 0 Å². The summed E-state index contributed by atoms with van der Waals surface area (Å²) in [5.41, 5.74) is 0.353.